The third kappa shape index (κ3) is 2.47. The summed E-state index contributed by atoms with van der Waals surface area (Å²) in [5.74, 6) is 0.909. The number of methoxy groups -OCH3 is 1. The number of aryl methyl sites for hydroxylation is 1. The number of aromatic nitrogens is 2. The van der Waals surface area contributed by atoms with E-state index in [9.17, 15) is 0 Å². The second-order valence-electron chi connectivity index (χ2n) is 4.84. The van der Waals surface area contributed by atoms with Gasteiger partial charge in [0.05, 0.1) is 23.0 Å². The third-order valence-electron chi connectivity index (χ3n) is 3.65. The zero-order chi connectivity index (χ0) is 14.9. The Morgan fingerprint density at radius 2 is 2.00 bits per heavy atom. The van der Waals surface area contributed by atoms with Gasteiger partial charge in [-0.1, -0.05) is 0 Å². The molecule has 0 unspecified atom stereocenters. The molecule has 0 aliphatic rings. The summed E-state index contributed by atoms with van der Waals surface area (Å²) in [6.07, 6.45) is 0.766. The van der Waals surface area contributed by atoms with E-state index in [2.05, 4.69) is 40.9 Å². The predicted molar refractivity (Wildman–Crippen MR) is 85.1 cm³/mol. The van der Waals surface area contributed by atoms with Crippen molar-refractivity contribution < 1.29 is 4.74 Å². The monoisotopic (exact) mass is 337 g/mol. The van der Waals surface area contributed by atoms with Gasteiger partial charge >= 0.3 is 0 Å². The lowest BCUT2D eigenvalue weighted by Gasteiger charge is -2.13. The fourth-order valence-electron chi connectivity index (χ4n) is 2.42. The number of benzene rings is 1. The van der Waals surface area contributed by atoms with Crippen LogP contribution in [0.2, 0.25) is 0 Å². The van der Waals surface area contributed by atoms with Gasteiger partial charge in [0.1, 0.15) is 5.75 Å². The van der Waals surface area contributed by atoms with Crippen molar-refractivity contribution in [1.29, 1.82) is 0 Å². The Kier molecular flexibility index (Phi) is 4.50. The van der Waals surface area contributed by atoms with Crippen molar-refractivity contribution in [3.63, 3.8) is 0 Å². The van der Waals surface area contributed by atoms with Gasteiger partial charge in [0.2, 0.25) is 0 Å². The molecule has 0 bridgehead atoms. The first-order valence-corrected chi connectivity index (χ1v) is 7.36. The Morgan fingerprint density at radius 3 is 2.60 bits per heavy atom. The summed E-state index contributed by atoms with van der Waals surface area (Å²) in [4.78, 5) is 0. The van der Waals surface area contributed by atoms with E-state index in [-0.39, 0.29) is 0 Å². The molecular formula is C15H20BrN3O. The lowest BCUT2D eigenvalue weighted by atomic mass is 9.99. The van der Waals surface area contributed by atoms with E-state index in [4.69, 9.17) is 10.5 Å². The molecule has 2 N–H and O–H groups in total. The van der Waals surface area contributed by atoms with Crippen LogP contribution >= 0.6 is 15.9 Å². The molecule has 5 heteroatoms. The van der Waals surface area contributed by atoms with Crippen molar-refractivity contribution in [3.05, 3.63) is 33.4 Å². The zero-order valence-electron chi connectivity index (χ0n) is 12.3. The lowest BCUT2D eigenvalue weighted by Crippen LogP contribution is -2.04. The van der Waals surface area contributed by atoms with Crippen LogP contribution in [0.1, 0.15) is 16.8 Å². The van der Waals surface area contributed by atoms with Gasteiger partial charge in [-0.15, -0.1) is 0 Å². The van der Waals surface area contributed by atoms with E-state index in [0.29, 0.717) is 6.54 Å². The van der Waals surface area contributed by atoms with Crippen molar-refractivity contribution in [3.8, 4) is 17.0 Å². The zero-order valence-corrected chi connectivity index (χ0v) is 13.9. The van der Waals surface area contributed by atoms with Gasteiger partial charge in [-0.2, -0.15) is 5.10 Å². The molecular weight excluding hydrogens is 318 g/mol. The van der Waals surface area contributed by atoms with Gasteiger partial charge in [-0.3, -0.25) is 4.68 Å². The first kappa shape index (κ1) is 15.1. The number of nitrogens with two attached hydrogens (primary N) is 1. The quantitative estimate of drug-likeness (QED) is 0.932. The molecule has 1 aromatic heterocycles. The van der Waals surface area contributed by atoms with Crippen molar-refractivity contribution in [2.75, 3.05) is 13.7 Å². The summed E-state index contributed by atoms with van der Waals surface area (Å²) in [6.45, 7) is 4.77. The number of hydrogen-bond acceptors (Lipinski definition) is 3. The van der Waals surface area contributed by atoms with Crippen LogP contribution in [0.3, 0.4) is 0 Å². The maximum absolute atomic E-state index is 5.63. The van der Waals surface area contributed by atoms with Crippen molar-refractivity contribution in [1.82, 2.24) is 9.78 Å². The van der Waals surface area contributed by atoms with E-state index >= 15 is 0 Å². The molecule has 0 atom stereocenters. The number of hydrogen-bond donors (Lipinski definition) is 1. The van der Waals surface area contributed by atoms with E-state index in [1.54, 1.807) is 7.11 Å². The number of halogens is 1. The molecule has 0 amide bonds. The molecule has 2 aromatic rings. The normalized spacial score (nSPS) is 10.9. The number of nitrogens with zero attached hydrogens (tertiary/aromatic N) is 2. The van der Waals surface area contributed by atoms with Gasteiger partial charge in [-0.05, 0) is 59.6 Å². The number of rotatable bonds is 4. The van der Waals surface area contributed by atoms with Crippen molar-refractivity contribution in [2.24, 2.45) is 12.8 Å². The Balaban J connectivity index is 2.60. The second-order valence-corrected chi connectivity index (χ2v) is 5.63. The molecule has 0 spiro atoms. The van der Waals surface area contributed by atoms with Crippen LogP contribution in [0.5, 0.6) is 5.75 Å². The topological polar surface area (TPSA) is 53.1 Å². The van der Waals surface area contributed by atoms with Crippen molar-refractivity contribution >= 4 is 15.9 Å². The average Bonchev–Trinajstić information content (AvgIpc) is 2.69. The van der Waals surface area contributed by atoms with Crippen LogP contribution in [0.4, 0.5) is 0 Å². The van der Waals surface area contributed by atoms with Crippen LogP contribution in [-0.4, -0.2) is 23.4 Å². The maximum Gasteiger partial charge on any atom is 0.122 e. The van der Waals surface area contributed by atoms with Gasteiger partial charge < -0.3 is 10.5 Å². The van der Waals surface area contributed by atoms with Gasteiger partial charge in [-0.25, -0.2) is 0 Å². The Hall–Kier alpha value is -1.33. The van der Waals surface area contributed by atoms with Crippen LogP contribution in [0.25, 0.3) is 11.3 Å². The minimum absolute atomic E-state index is 0.593. The molecule has 4 nitrogen and oxygen atoms in total. The Morgan fingerprint density at radius 1 is 1.30 bits per heavy atom. The van der Waals surface area contributed by atoms with Crippen molar-refractivity contribution in [2.45, 2.75) is 20.3 Å². The first-order valence-electron chi connectivity index (χ1n) is 6.57. The minimum atomic E-state index is 0.593. The van der Waals surface area contributed by atoms with Gasteiger partial charge in [0, 0.05) is 19.0 Å². The molecule has 0 aliphatic heterocycles. The highest BCUT2D eigenvalue weighted by Crippen LogP contribution is 2.36. The highest BCUT2D eigenvalue weighted by Gasteiger charge is 2.18. The summed E-state index contributed by atoms with van der Waals surface area (Å²) >= 11 is 3.66. The van der Waals surface area contributed by atoms with Gasteiger partial charge in [0.15, 0.2) is 0 Å². The summed E-state index contributed by atoms with van der Waals surface area (Å²) in [5, 5.41) is 4.55. The molecule has 1 heterocycles. The van der Waals surface area contributed by atoms with E-state index < -0.39 is 0 Å². The van der Waals surface area contributed by atoms with Crippen LogP contribution in [-0.2, 0) is 13.5 Å². The predicted octanol–water partition coefficient (Wildman–Crippen LogP) is 2.98. The van der Waals surface area contributed by atoms with E-state index in [0.717, 1.165) is 39.2 Å². The SMILES string of the molecule is COc1ccc(-c2c(Br)c(CCN)nn2C)c(C)c1C. The van der Waals surface area contributed by atoms with E-state index in [1.807, 2.05) is 17.8 Å². The fourth-order valence-corrected chi connectivity index (χ4v) is 3.16. The molecule has 108 valence electrons. The average molecular weight is 338 g/mol. The van der Waals surface area contributed by atoms with Crippen LogP contribution in [0.15, 0.2) is 16.6 Å². The maximum atomic E-state index is 5.63. The van der Waals surface area contributed by atoms with E-state index in [1.165, 1.54) is 5.56 Å². The first-order chi connectivity index (χ1) is 9.51. The summed E-state index contributed by atoms with van der Waals surface area (Å²) < 4.78 is 8.30. The summed E-state index contributed by atoms with van der Waals surface area (Å²) in [7, 11) is 3.65. The van der Waals surface area contributed by atoms with Crippen LogP contribution in [0, 0.1) is 13.8 Å². The molecule has 0 fully saturated rings. The third-order valence-corrected chi connectivity index (χ3v) is 4.48. The molecule has 1 aromatic carbocycles. The van der Waals surface area contributed by atoms with Crippen LogP contribution < -0.4 is 10.5 Å². The largest absolute Gasteiger partial charge is 0.496 e. The molecule has 20 heavy (non-hydrogen) atoms. The highest BCUT2D eigenvalue weighted by molar-refractivity contribution is 9.10. The second kappa shape index (κ2) is 5.97. The summed E-state index contributed by atoms with van der Waals surface area (Å²) in [6, 6.07) is 4.08. The smallest absolute Gasteiger partial charge is 0.122 e. The molecule has 0 aliphatic carbocycles. The highest BCUT2D eigenvalue weighted by atomic mass is 79.9. The molecule has 0 saturated heterocycles. The number of ether oxygens (including phenoxy) is 1. The molecule has 0 radical (unpaired) electrons. The Labute approximate surface area is 128 Å². The fraction of sp³-hybridized carbons (Fsp3) is 0.400. The van der Waals surface area contributed by atoms with Gasteiger partial charge in [0.25, 0.3) is 0 Å². The lowest BCUT2D eigenvalue weighted by molar-refractivity contribution is 0.411. The Bertz CT molecular complexity index is 635. The molecule has 0 saturated carbocycles. The molecule has 2 rings (SSSR count). The minimum Gasteiger partial charge on any atom is -0.496 e. The standard InChI is InChI=1S/C15H20BrN3O/c1-9-10(2)13(20-4)6-5-11(9)15-14(16)12(7-8-17)18-19(15)3/h5-6H,7-8,17H2,1-4H3. The summed E-state index contributed by atoms with van der Waals surface area (Å²) in [5.41, 5.74) is 11.2.